The Labute approximate surface area is 211 Å². The van der Waals surface area contributed by atoms with Gasteiger partial charge in [-0.1, -0.05) is 11.6 Å². The highest BCUT2D eigenvalue weighted by atomic mass is 35.5. The van der Waals surface area contributed by atoms with Gasteiger partial charge in [0.05, 0.1) is 23.3 Å². The van der Waals surface area contributed by atoms with Crippen LogP contribution in [0.15, 0.2) is 41.8 Å². The lowest BCUT2D eigenvalue weighted by Gasteiger charge is -2.18. The molecule has 0 radical (unpaired) electrons. The van der Waals surface area contributed by atoms with Crippen LogP contribution in [-0.2, 0) is 12.2 Å². The molecule has 0 fully saturated rings. The lowest BCUT2D eigenvalue weighted by atomic mass is 10.1. The van der Waals surface area contributed by atoms with Crippen molar-refractivity contribution in [2.24, 2.45) is 0 Å². The maximum atomic E-state index is 13.8. The summed E-state index contributed by atoms with van der Waals surface area (Å²) in [5.41, 5.74) is 1.92. The van der Waals surface area contributed by atoms with Gasteiger partial charge in [-0.2, -0.15) is 0 Å². The van der Waals surface area contributed by atoms with Crippen LogP contribution in [0.2, 0.25) is 5.02 Å². The monoisotopic (exact) mass is 510 g/mol. The molecule has 4 aromatic rings. The smallest absolute Gasteiger partial charge is 0.277 e. The maximum absolute atomic E-state index is 13.8. The van der Waals surface area contributed by atoms with Gasteiger partial charge < -0.3 is 9.84 Å². The number of aryl methyl sites for hydroxylation is 3. The summed E-state index contributed by atoms with van der Waals surface area (Å²) < 4.78 is 20.9. The first-order valence-electron chi connectivity index (χ1n) is 11.0. The molecule has 11 heteroatoms. The molecule has 0 bridgehead atoms. The molecule has 0 aliphatic heterocycles. The number of aromatic nitrogens is 6. The second kappa shape index (κ2) is 9.71. The van der Waals surface area contributed by atoms with Crippen LogP contribution < -0.4 is 10.3 Å². The largest absolute Gasteiger partial charge is 0.485 e. The van der Waals surface area contributed by atoms with Gasteiger partial charge in [-0.25, -0.2) is 24.3 Å². The van der Waals surface area contributed by atoms with Gasteiger partial charge in [0, 0.05) is 24.2 Å². The van der Waals surface area contributed by atoms with E-state index in [-0.39, 0.29) is 28.9 Å². The van der Waals surface area contributed by atoms with Gasteiger partial charge in [0.25, 0.3) is 5.56 Å². The molecule has 186 valence electrons. The van der Waals surface area contributed by atoms with Crippen molar-refractivity contribution in [1.82, 2.24) is 29.5 Å². The van der Waals surface area contributed by atoms with Crippen LogP contribution in [0.25, 0.3) is 17.1 Å². The average molecular weight is 511 g/mol. The van der Waals surface area contributed by atoms with Gasteiger partial charge >= 0.3 is 0 Å². The molecule has 0 amide bonds. The summed E-state index contributed by atoms with van der Waals surface area (Å²) in [6, 6.07) is 3.34. The van der Waals surface area contributed by atoms with E-state index >= 15 is 0 Å². The van der Waals surface area contributed by atoms with E-state index < -0.39 is 17.0 Å². The summed E-state index contributed by atoms with van der Waals surface area (Å²) in [4.78, 5) is 34.0. The minimum atomic E-state index is -1.23. The van der Waals surface area contributed by atoms with Crippen LogP contribution in [-0.4, -0.2) is 34.6 Å². The highest BCUT2D eigenvalue weighted by Gasteiger charge is 2.22. The zero-order valence-corrected chi connectivity index (χ0v) is 21.1. The summed E-state index contributed by atoms with van der Waals surface area (Å²) in [6.07, 6.45) is 5.50. The molecular weight excluding hydrogens is 487 g/mol. The summed E-state index contributed by atoms with van der Waals surface area (Å²) in [7, 11) is 0. The second-order valence-electron chi connectivity index (χ2n) is 8.85. The van der Waals surface area contributed by atoms with Crippen molar-refractivity contribution in [1.29, 1.82) is 0 Å². The summed E-state index contributed by atoms with van der Waals surface area (Å²) in [5, 5.41) is 10.2. The first-order chi connectivity index (χ1) is 17.0. The molecule has 0 aliphatic carbocycles. The average Bonchev–Trinajstić information content (AvgIpc) is 2.82. The molecule has 0 aliphatic rings. The lowest BCUT2D eigenvalue weighted by Crippen LogP contribution is -2.23. The molecule has 4 rings (SSSR count). The van der Waals surface area contributed by atoms with E-state index in [0.29, 0.717) is 22.8 Å². The minimum absolute atomic E-state index is 0.0446. The Bertz CT molecular complexity index is 1520. The fraction of sp³-hybridized carbons (Fsp3) is 0.280. The van der Waals surface area contributed by atoms with E-state index in [1.165, 1.54) is 10.9 Å². The van der Waals surface area contributed by atoms with Gasteiger partial charge in [-0.15, -0.1) is 0 Å². The third-order valence-corrected chi connectivity index (χ3v) is 5.83. The predicted octanol–water partition coefficient (Wildman–Crippen LogP) is 4.00. The normalized spacial score (nSPS) is 11.6. The fourth-order valence-corrected chi connectivity index (χ4v) is 3.75. The Hall–Kier alpha value is -3.76. The predicted molar refractivity (Wildman–Crippen MR) is 132 cm³/mol. The van der Waals surface area contributed by atoms with Gasteiger partial charge in [0.15, 0.2) is 11.6 Å². The van der Waals surface area contributed by atoms with Crippen LogP contribution >= 0.6 is 11.6 Å². The van der Waals surface area contributed by atoms with E-state index in [2.05, 4.69) is 24.9 Å². The number of halogens is 2. The third-order valence-electron chi connectivity index (χ3n) is 5.49. The van der Waals surface area contributed by atoms with Gasteiger partial charge in [-0.05, 0) is 51.8 Å². The highest BCUT2D eigenvalue weighted by molar-refractivity contribution is 6.31. The molecule has 0 spiro atoms. The number of nitrogens with zero attached hydrogens (tertiary/aromatic N) is 6. The third kappa shape index (κ3) is 4.95. The molecule has 0 saturated carbocycles. The van der Waals surface area contributed by atoms with Crippen molar-refractivity contribution in [2.45, 2.75) is 46.8 Å². The molecule has 0 aromatic carbocycles. The highest BCUT2D eigenvalue weighted by Crippen LogP contribution is 2.28. The fourth-order valence-electron chi connectivity index (χ4n) is 3.56. The lowest BCUT2D eigenvalue weighted by molar-refractivity contribution is 0.0688. The molecule has 36 heavy (non-hydrogen) atoms. The molecule has 0 saturated heterocycles. The molecule has 1 N–H and O–H groups in total. The standard InChI is InChI=1S/C25H24ClFN6O3/c1-13-8-29-17(22-14(2)9-30-24(32-22)25(4,5)35)7-19(13)33-15(3)6-20(21(26)23(33)34)36-11-18-16(27)10-28-12-31-18/h6-10,12,35H,11H2,1-5H3. The van der Waals surface area contributed by atoms with Crippen molar-refractivity contribution in [3.63, 3.8) is 0 Å². The van der Waals surface area contributed by atoms with Crippen LogP contribution in [0.4, 0.5) is 4.39 Å². The Balaban J connectivity index is 1.76. The van der Waals surface area contributed by atoms with E-state index in [1.54, 1.807) is 45.3 Å². The number of hydrogen-bond donors (Lipinski definition) is 1. The van der Waals surface area contributed by atoms with Crippen molar-refractivity contribution in [3.05, 3.63) is 86.6 Å². The summed E-state index contributed by atoms with van der Waals surface area (Å²) in [6.45, 7) is 8.38. The Kier molecular flexibility index (Phi) is 6.83. The van der Waals surface area contributed by atoms with Crippen molar-refractivity contribution in [3.8, 4) is 22.8 Å². The van der Waals surface area contributed by atoms with Gasteiger partial charge in [0.1, 0.15) is 35.0 Å². The summed E-state index contributed by atoms with van der Waals surface area (Å²) >= 11 is 6.38. The van der Waals surface area contributed by atoms with Crippen LogP contribution in [0, 0.1) is 26.6 Å². The Morgan fingerprint density at radius 2 is 1.81 bits per heavy atom. The Morgan fingerprint density at radius 3 is 2.50 bits per heavy atom. The van der Waals surface area contributed by atoms with Crippen molar-refractivity contribution in [2.75, 3.05) is 0 Å². The van der Waals surface area contributed by atoms with Crippen molar-refractivity contribution < 1.29 is 14.2 Å². The zero-order valence-electron chi connectivity index (χ0n) is 20.4. The van der Waals surface area contributed by atoms with Gasteiger partial charge in [-0.3, -0.25) is 14.3 Å². The molecule has 9 nitrogen and oxygen atoms in total. The number of ether oxygens (including phenoxy) is 1. The maximum Gasteiger partial charge on any atom is 0.277 e. The quantitative estimate of drug-likeness (QED) is 0.413. The summed E-state index contributed by atoms with van der Waals surface area (Å²) in [5.74, 6) is -0.252. The molecule has 4 heterocycles. The van der Waals surface area contributed by atoms with Crippen LogP contribution in [0.1, 0.15) is 42.2 Å². The van der Waals surface area contributed by atoms with Crippen LogP contribution in [0.3, 0.4) is 0 Å². The van der Waals surface area contributed by atoms with E-state index in [4.69, 9.17) is 16.3 Å². The molecule has 0 unspecified atom stereocenters. The first-order valence-corrected chi connectivity index (χ1v) is 11.4. The Morgan fingerprint density at radius 1 is 1.08 bits per heavy atom. The number of aliphatic hydroxyl groups is 1. The second-order valence-corrected chi connectivity index (χ2v) is 9.23. The van der Waals surface area contributed by atoms with E-state index in [0.717, 1.165) is 17.3 Å². The molecular formula is C25H24ClFN6O3. The zero-order chi connectivity index (χ0) is 26.2. The minimum Gasteiger partial charge on any atom is -0.485 e. The number of rotatable bonds is 6. The topological polar surface area (TPSA) is 116 Å². The first kappa shape index (κ1) is 25.3. The van der Waals surface area contributed by atoms with E-state index in [1.807, 2.05) is 13.8 Å². The van der Waals surface area contributed by atoms with Crippen LogP contribution in [0.5, 0.6) is 5.75 Å². The van der Waals surface area contributed by atoms with Crippen molar-refractivity contribution >= 4 is 11.6 Å². The number of hydrogen-bond acceptors (Lipinski definition) is 8. The van der Waals surface area contributed by atoms with E-state index in [9.17, 15) is 14.3 Å². The molecule has 4 aromatic heterocycles. The molecule has 0 atom stereocenters. The SMILES string of the molecule is Cc1cnc(-c2nc(C(C)(C)O)ncc2C)cc1-n1c(C)cc(OCc2ncncc2F)c(Cl)c1=O. The number of pyridine rings is 2. The van der Waals surface area contributed by atoms with Gasteiger partial charge in [0.2, 0.25) is 0 Å².